The van der Waals surface area contributed by atoms with Crippen LogP contribution in [0.3, 0.4) is 0 Å². The molecule has 0 heterocycles. The molecule has 0 atom stereocenters. The lowest BCUT2D eigenvalue weighted by Crippen LogP contribution is -2.19. The number of rotatable bonds is 3. The van der Waals surface area contributed by atoms with Gasteiger partial charge in [0.25, 0.3) is 5.69 Å². The zero-order valence-corrected chi connectivity index (χ0v) is 11.8. The molecule has 0 saturated heterocycles. The number of hydrogen-bond donors (Lipinski definition) is 2. The minimum atomic E-state index is -0.495. The average molecular weight is 336 g/mol. The van der Waals surface area contributed by atoms with Gasteiger partial charge in [-0.05, 0) is 30.3 Å². The first kappa shape index (κ1) is 14.0. The van der Waals surface area contributed by atoms with Crippen LogP contribution in [0, 0.1) is 10.1 Å². The molecule has 2 amide bonds. The number of amides is 2. The molecule has 0 bridgehead atoms. The third kappa shape index (κ3) is 3.79. The van der Waals surface area contributed by atoms with Crippen molar-refractivity contribution in [2.45, 2.75) is 0 Å². The van der Waals surface area contributed by atoms with Crippen molar-refractivity contribution in [1.29, 1.82) is 0 Å². The van der Waals surface area contributed by atoms with Crippen LogP contribution in [0.4, 0.5) is 21.9 Å². The molecule has 0 unspecified atom stereocenters. The zero-order chi connectivity index (χ0) is 14.5. The van der Waals surface area contributed by atoms with Gasteiger partial charge in [-0.3, -0.25) is 10.1 Å². The van der Waals surface area contributed by atoms with Crippen LogP contribution in [0.2, 0.25) is 0 Å². The lowest BCUT2D eigenvalue weighted by molar-refractivity contribution is -0.384. The van der Waals surface area contributed by atoms with Crippen LogP contribution in [0.25, 0.3) is 0 Å². The molecular weight excluding hydrogens is 326 g/mol. The number of anilines is 2. The van der Waals surface area contributed by atoms with Crippen LogP contribution in [-0.4, -0.2) is 11.0 Å². The highest BCUT2D eigenvalue weighted by atomic mass is 79.9. The number of halogens is 1. The predicted molar refractivity (Wildman–Crippen MR) is 79.9 cm³/mol. The Balaban J connectivity index is 1.99. The monoisotopic (exact) mass is 335 g/mol. The second-order valence-corrected chi connectivity index (χ2v) is 4.81. The van der Waals surface area contributed by atoms with E-state index in [4.69, 9.17) is 0 Å². The van der Waals surface area contributed by atoms with E-state index in [1.807, 2.05) is 6.07 Å². The fourth-order valence-electron chi connectivity index (χ4n) is 1.53. The lowest BCUT2D eigenvalue weighted by atomic mass is 10.3. The molecule has 0 spiro atoms. The first-order valence-corrected chi connectivity index (χ1v) is 6.42. The van der Waals surface area contributed by atoms with E-state index in [0.717, 1.165) is 4.47 Å². The van der Waals surface area contributed by atoms with Gasteiger partial charge in [0.05, 0.1) is 4.92 Å². The molecule has 6 nitrogen and oxygen atoms in total. The SMILES string of the molecule is O=C(Nc1ccc([N+](=O)[O-])cc1)Nc1cccc(Br)c1. The Labute approximate surface area is 123 Å². The van der Waals surface area contributed by atoms with Crippen LogP contribution in [0.1, 0.15) is 0 Å². The van der Waals surface area contributed by atoms with E-state index in [2.05, 4.69) is 26.6 Å². The number of urea groups is 1. The van der Waals surface area contributed by atoms with Crippen molar-refractivity contribution in [3.63, 3.8) is 0 Å². The van der Waals surface area contributed by atoms with Crippen LogP contribution >= 0.6 is 15.9 Å². The van der Waals surface area contributed by atoms with E-state index >= 15 is 0 Å². The predicted octanol–water partition coefficient (Wildman–Crippen LogP) is 4.00. The van der Waals surface area contributed by atoms with E-state index in [9.17, 15) is 14.9 Å². The highest BCUT2D eigenvalue weighted by Crippen LogP contribution is 2.17. The van der Waals surface area contributed by atoms with Crippen LogP contribution in [0.15, 0.2) is 53.0 Å². The van der Waals surface area contributed by atoms with Crippen LogP contribution in [0.5, 0.6) is 0 Å². The summed E-state index contributed by atoms with van der Waals surface area (Å²) in [6, 6.07) is 12.3. The molecule has 2 N–H and O–H groups in total. The summed E-state index contributed by atoms with van der Waals surface area (Å²) in [5, 5.41) is 15.8. The van der Waals surface area contributed by atoms with Crippen molar-refractivity contribution < 1.29 is 9.72 Å². The van der Waals surface area contributed by atoms with Gasteiger partial charge in [-0.15, -0.1) is 0 Å². The summed E-state index contributed by atoms with van der Waals surface area (Å²) < 4.78 is 0.852. The number of nitrogens with one attached hydrogen (secondary N) is 2. The molecule has 102 valence electrons. The first-order valence-electron chi connectivity index (χ1n) is 5.62. The van der Waals surface area contributed by atoms with E-state index in [1.54, 1.807) is 18.2 Å². The van der Waals surface area contributed by atoms with Gasteiger partial charge in [0.1, 0.15) is 0 Å². The molecule has 2 aromatic carbocycles. The Morgan fingerprint density at radius 2 is 1.70 bits per heavy atom. The second kappa shape index (κ2) is 6.16. The summed E-state index contributed by atoms with van der Waals surface area (Å²) in [4.78, 5) is 21.8. The molecule has 0 aliphatic rings. The lowest BCUT2D eigenvalue weighted by Gasteiger charge is -2.07. The Hall–Kier alpha value is -2.41. The van der Waals surface area contributed by atoms with E-state index in [0.29, 0.717) is 11.4 Å². The summed E-state index contributed by atoms with van der Waals surface area (Å²) in [5.41, 5.74) is 1.09. The number of hydrogen-bond acceptors (Lipinski definition) is 3. The number of nitro benzene ring substituents is 1. The topological polar surface area (TPSA) is 84.3 Å². The van der Waals surface area contributed by atoms with Crippen molar-refractivity contribution >= 4 is 39.0 Å². The molecule has 0 aliphatic carbocycles. The van der Waals surface area contributed by atoms with Gasteiger partial charge >= 0.3 is 6.03 Å². The average Bonchev–Trinajstić information content (AvgIpc) is 2.39. The highest BCUT2D eigenvalue weighted by Gasteiger charge is 2.06. The van der Waals surface area contributed by atoms with Gasteiger partial charge < -0.3 is 10.6 Å². The number of nitro groups is 1. The number of nitrogens with zero attached hydrogens (tertiary/aromatic N) is 1. The normalized spacial score (nSPS) is 9.85. The van der Waals surface area contributed by atoms with E-state index < -0.39 is 11.0 Å². The van der Waals surface area contributed by atoms with Crippen molar-refractivity contribution in [3.05, 3.63) is 63.1 Å². The molecule has 7 heteroatoms. The molecule has 20 heavy (non-hydrogen) atoms. The van der Waals surface area contributed by atoms with Crippen molar-refractivity contribution in [2.75, 3.05) is 10.6 Å². The first-order chi connectivity index (χ1) is 9.54. The van der Waals surface area contributed by atoms with Gasteiger partial charge in [-0.2, -0.15) is 0 Å². The van der Waals surface area contributed by atoms with E-state index in [-0.39, 0.29) is 5.69 Å². The smallest absolute Gasteiger partial charge is 0.308 e. The van der Waals surface area contributed by atoms with Gasteiger partial charge in [0, 0.05) is 28.0 Å². The third-order valence-corrected chi connectivity index (χ3v) is 2.91. The summed E-state index contributed by atoms with van der Waals surface area (Å²) >= 11 is 3.30. The van der Waals surface area contributed by atoms with Crippen molar-refractivity contribution in [3.8, 4) is 0 Å². The number of carbonyl (C=O) groups is 1. The fourth-order valence-corrected chi connectivity index (χ4v) is 1.93. The molecule has 0 saturated carbocycles. The maximum absolute atomic E-state index is 11.7. The fraction of sp³-hybridized carbons (Fsp3) is 0. The summed E-state index contributed by atoms with van der Waals surface area (Å²) in [5.74, 6) is 0. The zero-order valence-electron chi connectivity index (χ0n) is 10.2. The quantitative estimate of drug-likeness (QED) is 0.656. The Bertz CT molecular complexity index is 644. The van der Waals surface area contributed by atoms with Gasteiger partial charge in [-0.25, -0.2) is 4.79 Å². The Morgan fingerprint density at radius 3 is 2.30 bits per heavy atom. The van der Waals surface area contributed by atoms with Crippen molar-refractivity contribution in [2.24, 2.45) is 0 Å². The summed E-state index contributed by atoms with van der Waals surface area (Å²) in [6.07, 6.45) is 0. The number of carbonyl (C=O) groups excluding carboxylic acids is 1. The number of benzene rings is 2. The minimum absolute atomic E-state index is 0.0250. The maximum atomic E-state index is 11.7. The largest absolute Gasteiger partial charge is 0.323 e. The molecular formula is C13H10BrN3O3. The third-order valence-electron chi connectivity index (χ3n) is 2.42. The number of non-ortho nitro benzene ring substituents is 1. The molecule has 0 fully saturated rings. The molecule has 0 aliphatic heterocycles. The van der Waals surface area contributed by atoms with Gasteiger partial charge in [0.2, 0.25) is 0 Å². The van der Waals surface area contributed by atoms with Gasteiger partial charge in [-0.1, -0.05) is 22.0 Å². The molecule has 2 rings (SSSR count). The van der Waals surface area contributed by atoms with Gasteiger partial charge in [0.15, 0.2) is 0 Å². The standard InChI is InChI=1S/C13H10BrN3O3/c14-9-2-1-3-11(8-9)16-13(18)15-10-4-6-12(7-5-10)17(19)20/h1-8H,(H2,15,16,18). The highest BCUT2D eigenvalue weighted by molar-refractivity contribution is 9.10. The Kier molecular flexibility index (Phi) is 4.31. The van der Waals surface area contributed by atoms with Crippen LogP contribution in [-0.2, 0) is 0 Å². The van der Waals surface area contributed by atoms with E-state index in [1.165, 1.54) is 24.3 Å². The van der Waals surface area contributed by atoms with Crippen LogP contribution < -0.4 is 10.6 Å². The minimum Gasteiger partial charge on any atom is -0.308 e. The summed E-state index contributed by atoms with van der Waals surface area (Å²) in [7, 11) is 0. The van der Waals surface area contributed by atoms with Crippen molar-refractivity contribution in [1.82, 2.24) is 0 Å². The Morgan fingerprint density at radius 1 is 1.05 bits per heavy atom. The second-order valence-electron chi connectivity index (χ2n) is 3.89. The summed E-state index contributed by atoms with van der Waals surface area (Å²) in [6.45, 7) is 0. The maximum Gasteiger partial charge on any atom is 0.323 e. The molecule has 2 aromatic rings. The molecule has 0 aromatic heterocycles. The molecule has 0 radical (unpaired) electrons.